The van der Waals surface area contributed by atoms with E-state index in [1.807, 2.05) is 0 Å². The minimum Gasteiger partial charge on any atom is -0.387 e. The molecule has 3 nitrogen and oxygen atoms in total. The van der Waals surface area contributed by atoms with E-state index >= 15 is 0 Å². The van der Waals surface area contributed by atoms with Gasteiger partial charge in [0.15, 0.2) is 0 Å². The van der Waals surface area contributed by atoms with E-state index in [4.69, 9.17) is 0 Å². The van der Waals surface area contributed by atoms with Crippen molar-refractivity contribution in [3.63, 3.8) is 0 Å². The van der Waals surface area contributed by atoms with Gasteiger partial charge in [-0.3, -0.25) is 0 Å². The maximum atomic E-state index is 12.0. The molecule has 15 heteroatoms. The van der Waals surface area contributed by atoms with Gasteiger partial charge in [-0.05, 0) is 0 Å². The lowest BCUT2D eigenvalue weighted by Crippen LogP contribution is -2.28. The molecule has 0 aromatic carbocycles. The highest BCUT2D eigenvalue weighted by Crippen LogP contribution is 2.39. The maximum absolute atomic E-state index is 12.0. The molecule has 25 heavy (non-hydrogen) atoms. The van der Waals surface area contributed by atoms with Gasteiger partial charge >= 0.3 is 36.6 Å². The Bertz CT molecular complexity index is 500. The van der Waals surface area contributed by atoms with Crippen LogP contribution in [0.15, 0.2) is 23.3 Å². The summed E-state index contributed by atoms with van der Waals surface area (Å²) in [5, 5.41) is 0. The van der Waals surface area contributed by atoms with E-state index in [9.17, 15) is 62.3 Å². The molecule has 0 unspecified atom stereocenters. The number of carbonyl (C=O) groups excluding carboxylic acids is 2. The molecule has 144 valence electrons. The first-order valence-electron chi connectivity index (χ1n) is 5.24. The molecule has 0 aliphatic rings. The van der Waals surface area contributed by atoms with Gasteiger partial charge in [0.25, 0.3) is 0 Å². The molecule has 0 fully saturated rings. The van der Waals surface area contributed by atoms with E-state index in [2.05, 4.69) is 4.74 Å². The van der Waals surface area contributed by atoms with Gasteiger partial charge in [-0.15, -0.1) is 0 Å². The van der Waals surface area contributed by atoms with Crippen molar-refractivity contribution in [1.82, 2.24) is 0 Å². The van der Waals surface area contributed by atoms with Crippen molar-refractivity contribution in [3.8, 4) is 0 Å². The molecule has 0 heterocycles. The molecule has 0 saturated heterocycles. The molecule has 0 N–H and O–H groups in total. The Hall–Kier alpha value is -2.22. The van der Waals surface area contributed by atoms with Gasteiger partial charge in [-0.25, -0.2) is 9.59 Å². The fraction of sp³-hybridized carbons (Fsp3) is 0.400. The summed E-state index contributed by atoms with van der Waals surface area (Å²) in [6.45, 7) is 0. The molecule has 0 atom stereocenters. The van der Waals surface area contributed by atoms with Crippen molar-refractivity contribution in [2.45, 2.75) is 24.7 Å². The number of hydrogen-bond donors (Lipinski definition) is 0. The van der Waals surface area contributed by atoms with Crippen LogP contribution in [-0.2, 0) is 14.3 Å². The Labute approximate surface area is 128 Å². The number of esters is 2. The zero-order chi connectivity index (χ0) is 20.4. The molecule has 0 saturated carbocycles. The Morgan fingerprint density at radius 3 is 0.880 bits per heavy atom. The first kappa shape index (κ1) is 22.8. The van der Waals surface area contributed by atoms with Gasteiger partial charge in [0.2, 0.25) is 0 Å². The lowest BCUT2D eigenvalue weighted by Gasteiger charge is -2.15. The summed E-state index contributed by atoms with van der Waals surface area (Å²) in [5.41, 5.74) is -6.98. The largest absolute Gasteiger partial charge is 0.421 e. The Kier molecular flexibility index (Phi) is 6.33. The standard InChI is InChI=1S/C10H2F12O3/c11-7(12,13)3(8(14,15)16)1-5(23)25-6(24)2-4(9(17,18)19)10(20,21)22/h1-2H. The first-order chi connectivity index (χ1) is 10.8. The van der Waals surface area contributed by atoms with E-state index < -0.39 is 59.9 Å². The lowest BCUT2D eigenvalue weighted by molar-refractivity contribution is -0.175. The van der Waals surface area contributed by atoms with E-state index in [0.717, 1.165) is 0 Å². The summed E-state index contributed by atoms with van der Waals surface area (Å²) in [4.78, 5) is 21.5. The molecule has 0 aliphatic carbocycles. The van der Waals surface area contributed by atoms with E-state index in [-0.39, 0.29) is 0 Å². The van der Waals surface area contributed by atoms with Crippen molar-refractivity contribution in [3.05, 3.63) is 23.3 Å². The highest BCUT2D eigenvalue weighted by molar-refractivity contribution is 5.97. The van der Waals surface area contributed by atoms with Crippen molar-refractivity contribution >= 4 is 11.9 Å². The minimum absolute atomic E-state index is 1.34. The molecule has 0 spiro atoms. The number of ether oxygens (including phenoxy) is 1. The predicted molar refractivity (Wildman–Crippen MR) is 51.5 cm³/mol. The molecule has 0 aromatic heterocycles. The van der Waals surface area contributed by atoms with E-state index in [0.29, 0.717) is 0 Å². The zero-order valence-corrected chi connectivity index (χ0v) is 10.9. The quantitative estimate of drug-likeness (QED) is 0.304. The Balaban J connectivity index is 5.59. The van der Waals surface area contributed by atoms with Crippen LogP contribution in [0, 0.1) is 0 Å². The summed E-state index contributed by atoms with van der Waals surface area (Å²) in [7, 11) is 0. The van der Waals surface area contributed by atoms with Crippen LogP contribution >= 0.6 is 0 Å². The van der Waals surface area contributed by atoms with Gasteiger partial charge in [0.1, 0.15) is 11.1 Å². The van der Waals surface area contributed by atoms with Crippen LogP contribution in [0.3, 0.4) is 0 Å². The second-order valence-corrected chi connectivity index (χ2v) is 3.85. The summed E-state index contributed by atoms with van der Waals surface area (Å²) >= 11 is 0. The van der Waals surface area contributed by atoms with Crippen molar-refractivity contribution < 1.29 is 67.0 Å². The molecule has 0 aromatic rings. The predicted octanol–water partition coefficient (Wildman–Crippen LogP) is 4.16. The zero-order valence-electron chi connectivity index (χ0n) is 10.9. The fourth-order valence-corrected chi connectivity index (χ4v) is 1.04. The van der Waals surface area contributed by atoms with Gasteiger partial charge in [-0.2, -0.15) is 52.7 Å². The van der Waals surface area contributed by atoms with Crippen LogP contribution in [0.25, 0.3) is 0 Å². The fourth-order valence-electron chi connectivity index (χ4n) is 1.04. The van der Waals surface area contributed by atoms with Crippen LogP contribution in [0.5, 0.6) is 0 Å². The smallest absolute Gasteiger partial charge is 0.387 e. The molecule has 0 aliphatic heterocycles. The summed E-state index contributed by atoms with van der Waals surface area (Å²) in [6, 6.07) is 0. The molecule has 0 rings (SSSR count). The average Bonchev–Trinajstić information content (AvgIpc) is 2.27. The van der Waals surface area contributed by atoms with E-state index in [1.54, 1.807) is 0 Å². The van der Waals surface area contributed by atoms with Gasteiger partial charge in [0, 0.05) is 12.2 Å². The third-order valence-corrected chi connectivity index (χ3v) is 1.95. The van der Waals surface area contributed by atoms with Crippen LogP contribution < -0.4 is 0 Å². The van der Waals surface area contributed by atoms with Crippen LogP contribution in [0.1, 0.15) is 0 Å². The first-order valence-corrected chi connectivity index (χ1v) is 5.24. The second kappa shape index (κ2) is 6.95. The van der Waals surface area contributed by atoms with Crippen molar-refractivity contribution in [2.75, 3.05) is 0 Å². The number of halogens is 12. The van der Waals surface area contributed by atoms with Crippen molar-refractivity contribution in [1.29, 1.82) is 0 Å². The molecule has 0 radical (unpaired) electrons. The highest BCUT2D eigenvalue weighted by Gasteiger charge is 2.52. The third kappa shape index (κ3) is 7.47. The molecular formula is C10H2F12O3. The number of alkyl halides is 12. The molecule has 0 amide bonds. The minimum atomic E-state index is -6.17. The molecular weight excluding hydrogens is 396 g/mol. The van der Waals surface area contributed by atoms with Crippen LogP contribution in [0.4, 0.5) is 52.7 Å². The van der Waals surface area contributed by atoms with Crippen LogP contribution in [0.2, 0.25) is 0 Å². The van der Waals surface area contributed by atoms with Crippen LogP contribution in [-0.4, -0.2) is 36.6 Å². The number of allylic oxidation sites excluding steroid dienone is 2. The Morgan fingerprint density at radius 1 is 0.520 bits per heavy atom. The third-order valence-electron chi connectivity index (χ3n) is 1.95. The van der Waals surface area contributed by atoms with Crippen molar-refractivity contribution in [2.24, 2.45) is 0 Å². The van der Waals surface area contributed by atoms with Gasteiger partial charge < -0.3 is 4.74 Å². The topological polar surface area (TPSA) is 43.4 Å². The summed E-state index contributed by atoms with van der Waals surface area (Å²) < 4.78 is 148. The summed E-state index contributed by atoms with van der Waals surface area (Å²) in [5.74, 6) is -5.57. The second-order valence-electron chi connectivity index (χ2n) is 3.85. The maximum Gasteiger partial charge on any atom is 0.421 e. The highest BCUT2D eigenvalue weighted by atomic mass is 19.4. The van der Waals surface area contributed by atoms with Gasteiger partial charge in [0.05, 0.1) is 0 Å². The Morgan fingerprint density at radius 2 is 0.720 bits per heavy atom. The number of hydrogen-bond acceptors (Lipinski definition) is 3. The number of rotatable bonds is 2. The average molecular weight is 398 g/mol. The molecule has 0 bridgehead atoms. The lowest BCUT2D eigenvalue weighted by atomic mass is 10.2. The SMILES string of the molecule is O=C(C=C(C(F)(F)F)C(F)(F)F)OC(=O)C=C(C(F)(F)F)C(F)(F)F. The van der Waals surface area contributed by atoms with Gasteiger partial charge in [-0.1, -0.05) is 0 Å². The normalized spacial score (nSPS) is 13.1. The summed E-state index contributed by atoms with van der Waals surface area (Å²) in [6.07, 6.45) is -27.4. The number of carbonyl (C=O) groups is 2. The van der Waals surface area contributed by atoms with E-state index in [1.165, 1.54) is 0 Å². The monoisotopic (exact) mass is 398 g/mol.